The Hall–Kier alpha value is -0.0800. The standard InChI is InChI=1S/C13H23NO/c1-13(15,7-14)12-10-3-8-2-9(5-10)6-11(12)4-8/h8-12,15H,2-7,14H2,1H3. The molecule has 4 aliphatic rings. The van der Waals surface area contributed by atoms with Crippen molar-refractivity contribution in [3.63, 3.8) is 0 Å². The highest BCUT2D eigenvalue weighted by Gasteiger charge is 2.53. The second kappa shape index (κ2) is 3.21. The van der Waals surface area contributed by atoms with Crippen LogP contribution in [0, 0.1) is 29.6 Å². The molecule has 0 radical (unpaired) electrons. The fraction of sp³-hybridized carbons (Fsp3) is 1.00. The Balaban J connectivity index is 1.86. The molecule has 1 atom stereocenters. The van der Waals surface area contributed by atoms with Crippen molar-refractivity contribution < 1.29 is 5.11 Å². The van der Waals surface area contributed by atoms with Crippen molar-refractivity contribution in [3.05, 3.63) is 0 Å². The van der Waals surface area contributed by atoms with Gasteiger partial charge in [-0.2, -0.15) is 0 Å². The van der Waals surface area contributed by atoms with E-state index in [1.807, 2.05) is 6.92 Å². The number of hydrogen-bond donors (Lipinski definition) is 2. The molecule has 2 nitrogen and oxygen atoms in total. The largest absolute Gasteiger partial charge is 0.389 e. The molecule has 86 valence electrons. The van der Waals surface area contributed by atoms with Gasteiger partial charge in [-0.3, -0.25) is 0 Å². The van der Waals surface area contributed by atoms with Crippen LogP contribution in [-0.4, -0.2) is 17.3 Å². The quantitative estimate of drug-likeness (QED) is 0.728. The lowest BCUT2D eigenvalue weighted by Gasteiger charge is -2.58. The summed E-state index contributed by atoms with van der Waals surface area (Å²) >= 11 is 0. The molecule has 4 aliphatic carbocycles. The van der Waals surface area contributed by atoms with Gasteiger partial charge in [-0.05, 0) is 68.6 Å². The number of nitrogens with two attached hydrogens (primary N) is 1. The van der Waals surface area contributed by atoms with Crippen molar-refractivity contribution >= 4 is 0 Å². The van der Waals surface area contributed by atoms with E-state index in [9.17, 15) is 5.11 Å². The fourth-order valence-electron chi connectivity index (χ4n) is 5.08. The van der Waals surface area contributed by atoms with Crippen molar-refractivity contribution in [2.75, 3.05) is 6.54 Å². The third-order valence-electron chi connectivity index (χ3n) is 5.36. The number of aliphatic hydroxyl groups is 1. The lowest BCUT2D eigenvalue weighted by atomic mass is 9.49. The predicted octanol–water partition coefficient (Wildman–Crippen LogP) is 1.77. The normalized spacial score (nSPS) is 51.8. The summed E-state index contributed by atoms with van der Waals surface area (Å²) in [6, 6.07) is 0. The summed E-state index contributed by atoms with van der Waals surface area (Å²) in [5, 5.41) is 10.4. The molecule has 0 aromatic rings. The molecule has 1 unspecified atom stereocenters. The third-order valence-corrected chi connectivity index (χ3v) is 5.36. The molecule has 3 N–H and O–H groups in total. The maximum atomic E-state index is 10.4. The van der Waals surface area contributed by atoms with Crippen LogP contribution in [0.25, 0.3) is 0 Å². The fourth-order valence-corrected chi connectivity index (χ4v) is 5.08. The number of hydrogen-bond acceptors (Lipinski definition) is 2. The minimum absolute atomic E-state index is 0.431. The Kier molecular flexibility index (Phi) is 2.16. The smallest absolute Gasteiger partial charge is 0.0774 e. The van der Waals surface area contributed by atoms with Crippen molar-refractivity contribution in [2.24, 2.45) is 35.3 Å². The van der Waals surface area contributed by atoms with Gasteiger partial charge in [0.2, 0.25) is 0 Å². The van der Waals surface area contributed by atoms with Gasteiger partial charge in [-0.1, -0.05) is 0 Å². The van der Waals surface area contributed by atoms with E-state index >= 15 is 0 Å². The van der Waals surface area contributed by atoms with E-state index in [1.165, 1.54) is 32.1 Å². The first-order chi connectivity index (χ1) is 7.10. The van der Waals surface area contributed by atoms with Crippen LogP contribution in [0.1, 0.15) is 39.0 Å². The second-order valence-electron chi connectivity index (χ2n) is 6.52. The first-order valence-electron chi connectivity index (χ1n) is 6.52. The van der Waals surface area contributed by atoms with Gasteiger partial charge in [0.1, 0.15) is 0 Å². The summed E-state index contributed by atoms with van der Waals surface area (Å²) < 4.78 is 0. The molecule has 0 spiro atoms. The van der Waals surface area contributed by atoms with Crippen LogP contribution >= 0.6 is 0 Å². The highest BCUT2D eigenvalue weighted by Crippen LogP contribution is 2.58. The monoisotopic (exact) mass is 209 g/mol. The van der Waals surface area contributed by atoms with E-state index < -0.39 is 5.60 Å². The molecule has 4 rings (SSSR count). The molecule has 2 heteroatoms. The molecular formula is C13H23NO. The van der Waals surface area contributed by atoms with E-state index in [-0.39, 0.29) is 0 Å². The van der Waals surface area contributed by atoms with Gasteiger partial charge in [-0.15, -0.1) is 0 Å². The van der Waals surface area contributed by atoms with Gasteiger partial charge < -0.3 is 10.8 Å². The van der Waals surface area contributed by atoms with Crippen LogP contribution < -0.4 is 5.73 Å². The molecule has 0 saturated heterocycles. The van der Waals surface area contributed by atoms with Crippen molar-refractivity contribution in [1.82, 2.24) is 0 Å². The summed E-state index contributed by atoms with van der Waals surface area (Å²) in [7, 11) is 0. The van der Waals surface area contributed by atoms with Crippen LogP contribution in [0.2, 0.25) is 0 Å². The van der Waals surface area contributed by atoms with E-state index in [4.69, 9.17) is 5.73 Å². The van der Waals surface area contributed by atoms with Gasteiger partial charge in [0.15, 0.2) is 0 Å². The van der Waals surface area contributed by atoms with E-state index in [0.29, 0.717) is 12.5 Å². The lowest BCUT2D eigenvalue weighted by Crippen LogP contribution is -2.56. The Morgan fingerprint density at radius 2 is 1.53 bits per heavy atom. The van der Waals surface area contributed by atoms with Gasteiger partial charge in [0, 0.05) is 6.54 Å². The Morgan fingerprint density at radius 1 is 1.07 bits per heavy atom. The van der Waals surface area contributed by atoms with Crippen LogP contribution in [0.3, 0.4) is 0 Å². The maximum absolute atomic E-state index is 10.4. The summed E-state index contributed by atoms with van der Waals surface area (Å²) in [6.07, 6.45) is 6.95. The number of rotatable bonds is 2. The molecule has 4 bridgehead atoms. The molecule has 0 heterocycles. The van der Waals surface area contributed by atoms with E-state index in [1.54, 1.807) is 0 Å². The average Bonchev–Trinajstić information content (AvgIpc) is 2.15. The van der Waals surface area contributed by atoms with Crippen molar-refractivity contribution in [1.29, 1.82) is 0 Å². The average molecular weight is 209 g/mol. The van der Waals surface area contributed by atoms with Crippen molar-refractivity contribution in [3.8, 4) is 0 Å². The molecule has 0 amide bonds. The van der Waals surface area contributed by atoms with Gasteiger partial charge in [0.05, 0.1) is 5.60 Å². The Morgan fingerprint density at radius 3 is 1.93 bits per heavy atom. The molecule has 4 saturated carbocycles. The van der Waals surface area contributed by atoms with Crippen LogP contribution in [0.4, 0.5) is 0 Å². The molecule has 15 heavy (non-hydrogen) atoms. The van der Waals surface area contributed by atoms with Crippen LogP contribution in [0.15, 0.2) is 0 Å². The topological polar surface area (TPSA) is 46.2 Å². The summed E-state index contributed by atoms with van der Waals surface area (Å²) in [5.74, 6) is 4.02. The minimum atomic E-state index is -0.609. The Bertz CT molecular complexity index is 233. The second-order valence-corrected chi connectivity index (χ2v) is 6.52. The molecule has 0 aromatic heterocycles. The molecule has 0 aromatic carbocycles. The molecule has 0 aliphatic heterocycles. The van der Waals surface area contributed by atoms with Gasteiger partial charge in [0.25, 0.3) is 0 Å². The lowest BCUT2D eigenvalue weighted by molar-refractivity contribution is -0.130. The van der Waals surface area contributed by atoms with E-state index in [0.717, 1.165) is 23.7 Å². The summed E-state index contributed by atoms with van der Waals surface area (Å²) in [4.78, 5) is 0. The maximum Gasteiger partial charge on any atom is 0.0774 e. The first kappa shape index (κ1) is 10.1. The zero-order valence-electron chi connectivity index (χ0n) is 9.65. The summed E-state index contributed by atoms with van der Waals surface area (Å²) in [5.41, 5.74) is 5.13. The third kappa shape index (κ3) is 1.45. The highest BCUT2D eigenvalue weighted by atomic mass is 16.3. The van der Waals surface area contributed by atoms with Crippen molar-refractivity contribution in [2.45, 2.75) is 44.6 Å². The van der Waals surface area contributed by atoms with E-state index in [2.05, 4.69) is 0 Å². The van der Waals surface area contributed by atoms with Crippen LogP contribution in [0.5, 0.6) is 0 Å². The first-order valence-corrected chi connectivity index (χ1v) is 6.52. The predicted molar refractivity (Wildman–Crippen MR) is 60.2 cm³/mol. The SMILES string of the molecule is CC(O)(CN)C1C2CC3CC(C2)CC1C3. The van der Waals surface area contributed by atoms with Gasteiger partial charge >= 0.3 is 0 Å². The summed E-state index contributed by atoms with van der Waals surface area (Å²) in [6.45, 7) is 2.39. The zero-order valence-corrected chi connectivity index (χ0v) is 9.65. The molecular weight excluding hydrogens is 186 g/mol. The van der Waals surface area contributed by atoms with Gasteiger partial charge in [-0.25, -0.2) is 0 Å². The zero-order chi connectivity index (χ0) is 10.6. The van der Waals surface area contributed by atoms with Crippen LogP contribution in [-0.2, 0) is 0 Å². The molecule has 4 fully saturated rings. The Labute approximate surface area is 92.2 Å². The highest BCUT2D eigenvalue weighted by molar-refractivity contribution is 5.03. The minimum Gasteiger partial charge on any atom is -0.389 e.